The first-order valence-electron chi connectivity index (χ1n) is 8.76. The third-order valence-corrected chi connectivity index (χ3v) is 6.33. The number of hydrogen-bond acceptors (Lipinski definition) is 3. The number of fused-ring (bicyclic) bond motifs is 2. The second-order valence-corrected chi connectivity index (χ2v) is 7.84. The molecule has 2 aromatic rings. The van der Waals surface area contributed by atoms with Crippen molar-refractivity contribution in [1.29, 1.82) is 0 Å². The second kappa shape index (κ2) is 6.77. The normalized spacial score (nSPS) is 20.6. The van der Waals surface area contributed by atoms with E-state index in [0.29, 0.717) is 6.04 Å². The monoisotopic (exact) mass is 342 g/mol. The summed E-state index contributed by atoms with van der Waals surface area (Å²) in [5.41, 5.74) is 2.22. The second-order valence-electron chi connectivity index (χ2n) is 6.75. The van der Waals surface area contributed by atoms with Gasteiger partial charge in [0.05, 0.1) is 11.4 Å². The molecule has 0 saturated carbocycles. The van der Waals surface area contributed by atoms with Gasteiger partial charge in [-0.25, -0.2) is 4.39 Å². The molecule has 2 aromatic carbocycles. The number of likely N-dealkylation sites (tertiary alicyclic amines) is 1. The van der Waals surface area contributed by atoms with E-state index in [1.54, 1.807) is 23.9 Å². The standard InChI is InChI=1S/C20H23FN2S/c1-22-12-5-4-6-16(22)11-13-23-17-7-2-3-8-19(17)24-20-10-9-15(21)14-18(20)23/h2-3,7-10,14,16H,4-6,11-13H2,1H3. The van der Waals surface area contributed by atoms with E-state index >= 15 is 0 Å². The molecule has 0 spiro atoms. The number of benzene rings is 2. The fourth-order valence-corrected chi connectivity index (χ4v) is 4.91. The average Bonchev–Trinajstić information content (AvgIpc) is 2.60. The first-order chi connectivity index (χ1) is 11.7. The van der Waals surface area contributed by atoms with Crippen molar-refractivity contribution in [3.63, 3.8) is 0 Å². The van der Waals surface area contributed by atoms with Gasteiger partial charge < -0.3 is 9.80 Å². The van der Waals surface area contributed by atoms with Crippen molar-refractivity contribution in [1.82, 2.24) is 4.90 Å². The summed E-state index contributed by atoms with van der Waals surface area (Å²) < 4.78 is 13.9. The van der Waals surface area contributed by atoms with Crippen molar-refractivity contribution >= 4 is 23.1 Å². The molecule has 2 aliphatic rings. The summed E-state index contributed by atoms with van der Waals surface area (Å²) in [5.74, 6) is -0.159. The van der Waals surface area contributed by atoms with Gasteiger partial charge in [0, 0.05) is 22.4 Å². The summed E-state index contributed by atoms with van der Waals surface area (Å²) in [4.78, 5) is 7.20. The largest absolute Gasteiger partial charge is 0.339 e. The van der Waals surface area contributed by atoms with E-state index in [0.717, 1.165) is 23.5 Å². The van der Waals surface area contributed by atoms with Crippen LogP contribution >= 0.6 is 11.8 Å². The lowest BCUT2D eigenvalue weighted by Gasteiger charge is -2.37. The number of rotatable bonds is 3. The fraction of sp³-hybridized carbons (Fsp3) is 0.400. The molecule has 0 aromatic heterocycles. The molecule has 1 atom stereocenters. The maximum Gasteiger partial charge on any atom is 0.125 e. The molecule has 2 heterocycles. The summed E-state index contributed by atoms with van der Waals surface area (Å²) in [6.45, 7) is 2.13. The van der Waals surface area contributed by atoms with Crippen molar-refractivity contribution in [3.05, 3.63) is 48.3 Å². The molecular weight excluding hydrogens is 319 g/mol. The highest BCUT2D eigenvalue weighted by molar-refractivity contribution is 7.99. The van der Waals surface area contributed by atoms with Crippen LogP contribution in [0.2, 0.25) is 0 Å². The van der Waals surface area contributed by atoms with Gasteiger partial charge in [-0.2, -0.15) is 0 Å². The Bertz CT molecular complexity index is 733. The molecule has 126 valence electrons. The predicted octanol–water partition coefficient (Wildman–Crippen LogP) is 5.30. The predicted molar refractivity (Wildman–Crippen MR) is 98.9 cm³/mol. The van der Waals surface area contributed by atoms with Crippen molar-refractivity contribution in [2.75, 3.05) is 25.0 Å². The van der Waals surface area contributed by atoms with Crippen LogP contribution in [0.3, 0.4) is 0 Å². The maximum absolute atomic E-state index is 13.9. The molecule has 0 N–H and O–H groups in total. The van der Waals surface area contributed by atoms with Crippen molar-refractivity contribution in [2.45, 2.75) is 41.5 Å². The van der Waals surface area contributed by atoms with E-state index in [1.165, 1.54) is 36.4 Å². The van der Waals surface area contributed by atoms with Crippen molar-refractivity contribution in [3.8, 4) is 0 Å². The third-order valence-electron chi connectivity index (χ3n) is 5.20. The van der Waals surface area contributed by atoms with Crippen LogP contribution < -0.4 is 4.90 Å². The van der Waals surface area contributed by atoms with E-state index in [1.807, 2.05) is 6.07 Å². The minimum atomic E-state index is -0.159. The van der Waals surface area contributed by atoms with Gasteiger partial charge in [-0.3, -0.25) is 0 Å². The molecule has 4 heteroatoms. The molecule has 1 saturated heterocycles. The quantitative estimate of drug-likeness (QED) is 0.747. The lowest BCUT2D eigenvalue weighted by molar-refractivity contribution is 0.178. The molecule has 2 aliphatic heterocycles. The van der Waals surface area contributed by atoms with Crippen molar-refractivity contribution in [2.24, 2.45) is 0 Å². The number of anilines is 2. The molecule has 0 bridgehead atoms. The topological polar surface area (TPSA) is 6.48 Å². The minimum Gasteiger partial charge on any atom is -0.339 e. The number of halogens is 1. The zero-order valence-corrected chi connectivity index (χ0v) is 14.9. The van der Waals surface area contributed by atoms with Crippen molar-refractivity contribution < 1.29 is 4.39 Å². The van der Waals surface area contributed by atoms with Crippen LogP contribution in [-0.4, -0.2) is 31.1 Å². The molecule has 1 fully saturated rings. The van der Waals surface area contributed by atoms with Gasteiger partial charge in [-0.1, -0.05) is 30.3 Å². The Balaban J connectivity index is 1.62. The van der Waals surface area contributed by atoms with Crippen LogP contribution in [0.25, 0.3) is 0 Å². The Morgan fingerprint density at radius 2 is 1.92 bits per heavy atom. The smallest absolute Gasteiger partial charge is 0.125 e. The lowest BCUT2D eigenvalue weighted by atomic mass is 9.99. The molecule has 24 heavy (non-hydrogen) atoms. The van der Waals surface area contributed by atoms with Gasteiger partial charge in [0.1, 0.15) is 5.82 Å². The molecule has 0 radical (unpaired) electrons. The van der Waals surface area contributed by atoms with Gasteiger partial charge in [0.15, 0.2) is 0 Å². The highest BCUT2D eigenvalue weighted by Gasteiger charge is 2.26. The van der Waals surface area contributed by atoms with Gasteiger partial charge in [-0.05, 0) is 63.2 Å². The van der Waals surface area contributed by atoms with Gasteiger partial charge >= 0.3 is 0 Å². The molecule has 2 nitrogen and oxygen atoms in total. The average molecular weight is 342 g/mol. The zero-order valence-electron chi connectivity index (χ0n) is 14.0. The maximum atomic E-state index is 13.9. The van der Waals surface area contributed by atoms with Crippen LogP contribution in [0.1, 0.15) is 25.7 Å². The summed E-state index contributed by atoms with van der Waals surface area (Å²) in [7, 11) is 2.23. The Kier molecular flexibility index (Phi) is 4.51. The zero-order chi connectivity index (χ0) is 16.5. The SMILES string of the molecule is CN1CCCCC1CCN1c2ccccc2Sc2ccc(F)cc21. The molecular formula is C20H23FN2S. The fourth-order valence-electron chi connectivity index (χ4n) is 3.83. The van der Waals surface area contributed by atoms with E-state index in [4.69, 9.17) is 0 Å². The van der Waals surface area contributed by atoms with Gasteiger partial charge in [0.2, 0.25) is 0 Å². The Hall–Kier alpha value is -1.52. The minimum absolute atomic E-state index is 0.159. The van der Waals surface area contributed by atoms with Crippen LogP contribution in [0.4, 0.5) is 15.8 Å². The molecule has 4 rings (SSSR count). The summed E-state index contributed by atoms with van der Waals surface area (Å²) in [6, 6.07) is 14.3. The first-order valence-corrected chi connectivity index (χ1v) is 9.58. The number of nitrogens with zero attached hydrogens (tertiary/aromatic N) is 2. The van der Waals surface area contributed by atoms with Gasteiger partial charge in [0.25, 0.3) is 0 Å². The molecule has 0 aliphatic carbocycles. The summed E-state index contributed by atoms with van der Waals surface area (Å²) in [5, 5.41) is 0. The Morgan fingerprint density at radius 1 is 1.08 bits per heavy atom. The van der Waals surface area contributed by atoms with Crippen LogP contribution in [0.5, 0.6) is 0 Å². The summed E-state index contributed by atoms with van der Waals surface area (Å²) >= 11 is 1.74. The van der Waals surface area contributed by atoms with E-state index < -0.39 is 0 Å². The number of piperidine rings is 1. The summed E-state index contributed by atoms with van der Waals surface area (Å²) in [6.07, 6.45) is 5.03. The van der Waals surface area contributed by atoms with Gasteiger partial charge in [-0.15, -0.1) is 0 Å². The highest BCUT2D eigenvalue weighted by atomic mass is 32.2. The first kappa shape index (κ1) is 16.0. The van der Waals surface area contributed by atoms with E-state index in [2.05, 4.69) is 41.1 Å². The van der Waals surface area contributed by atoms with Crippen LogP contribution in [0.15, 0.2) is 52.3 Å². The van der Waals surface area contributed by atoms with E-state index in [-0.39, 0.29) is 5.82 Å². The van der Waals surface area contributed by atoms with Crippen LogP contribution in [-0.2, 0) is 0 Å². The van der Waals surface area contributed by atoms with E-state index in [9.17, 15) is 4.39 Å². The number of hydrogen-bond donors (Lipinski definition) is 0. The molecule has 1 unspecified atom stereocenters. The molecule has 0 amide bonds. The Labute approximate surface area is 147 Å². The Morgan fingerprint density at radius 3 is 2.79 bits per heavy atom. The highest BCUT2D eigenvalue weighted by Crippen LogP contribution is 2.48. The lowest BCUT2D eigenvalue weighted by Crippen LogP contribution is -2.38. The number of para-hydroxylation sites is 1. The van der Waals surface area contributed by atoms with Crippen LogP contribution in [0, 0.1) is 5.82 Å². The third kappa shape index (κ3) is 3.05.